The molecule has 0 radical (unpaired) electrons. The Balaban J connectivity index is 1.56. The summed E-state index contributed by atoms with van der Waals surface area (Å²) in [5.74, 6) is -0.303. The molecule has 35 heavy (non-hydrogen) atoms. The second-order valence-electron chi connectivity index (χ2n) is 8.25. The van der Waals surface area contributed by atoms with Gasteiger partial charge in [-0.25, -0.2) is 8.42 Å². The van der Waals surface area contributed by atoms with E-state index in [0.717, 1.165) is 15.6 Å². The van der Waals surface area contributed by atoms with E-state index in [4.69, 9.17) is 34.8 Å². The maximum absolute atomic E-state index is 13.5. The van der Waals surface area contributed by atoms with Crippen LogP contribution in [0.3, 0.4) is 0 Å². The molecule has 0 aliphatic carbocycles. The van der Waals surface area contributed by atoms with E-state index in [1.807, 2.05) is 25.1 Å². The summed E-state index contributed by atoms with van der Waals surface area (Å²) >= 11 is 18.5. The van der Waals surface area contributed by atoms with Gasteiger partial charge in [-0.15, -0.1) is 0 Å². The van der Waals surface area contributed by atoms with E-state index in [1.165, 1.54) is 30.3 Å². The summed E-state index contributed by atoms with van der Waals surface area (Å²) in [6.07, 6.45) is 0. The van der Waals surface area contributed by atoms with Crippen LogP contribution in [0.1, 0.15) is 5.56 Å². The summed E-state index contributed by atoms with van der Waals surface area (Å²) in [5, 5.41) is 1.21. The largest absolute Gasteiger partial charge is 0.368 e. The van der Waals surface area contributed by atoms with E-state index in [2.05, 4.69) is 4.90 Å². The number of hydrogen-bond acceptors (Lipinski definition) is 4. The van der Waals surface area contributed by atoms with Crippen LogP contribution in [-0.2, 0) is 14.8 Å². The number of rotatable bonds is 6. The number of halogens is 3. The van der Waals surface area contributed by atoms with Crippen LogP contribution in [0, 0.1) is 6.92 Å². The van der Waals surface area contributed by atoms with E-state index in [1.54, 1.807) is 23.1 Å². The zero-order chi connectivity index (χ0) is 25.2. The zero-order valence-corrected chi connectivity index (χ0v) is 22.1. The van der Waals surface area contributed by atoms with Crippen molar-refractivity contribution >= 4 is 62.1 Å². The molecule has 1 amide bonds. The number of carbonyl (C=O) groups is 1. The highest BCUT2D eigenvalue weighted by Crippen LogP contribution is 2.30. The normalized spacial score (nSPS) is 14.2. The van der Waals surface area contributed by atoms with Crippen LogP contribution in [0.5, 0.6) is 0 Å². The molecule has 0 saturated carbocycles. The van der Waals surface area contributed by atoms with Gasteiger partial charge in [0.1, 0.15) is 6.54 Å². The lowest BCUT2D eigenvalue weighted by molar-refractivity contribution is -0.129. The number of benzene rings is 3. The van der Waals surface area contributed by atoms with Gasteiger partial charge in [-0.2, -0.15) is 0 Å². The molecule has 4 rings (SSSR count). The van der Waals surface area contributed by atoms with Crippen molar-refractivity contribution in [3.63, 3.8) is 0 Å². The first-order chi connectivity index (χ1) is 16.6. The summed E-state index contributed by atoms with van der Waals surface area (Å²) in [7, 11) is -4.04. The number of hydrogen-bond donors (Lipinski definition) is 0. The van der Waals surface area contributed by atoms with Crippen LogP contribution in [0.15, 0.2) is 71.6 Å². The van der Waals surface area contributed by atoms with Crippen LogP contribution in [0.2, 0.25) is 15.1 Å². The molecule has 1 heterocycles. The third-order valence-corrected chi connectivity index (χ3v) is 8.35. The molecule has 3 aromatic rings. The molecule has 0 atom stereocenters. The molecule has 6 nitrogen and oxygen atoms in total. The van der Waals surface area contributed by atoms with E-state index < -0.39 is 10.0 Å². The summed E-state index contributed by atoms with van der Waals surface area (Å²) in [6, 6.07) is 18.2. The number of amides is 1. The standard InChI is InChI=1S/C25H24Cl3N3O3S/c1-18-7-8-19(26)16-24(18)29-9-11-30(12-10-29)25(32)17-31(22-14-20(27)13-21(28)15-22)35(33,34)23-5-3-2-4-6-23/h2-8,13-16H,9-12,17H2,1H3. The summed E-state index contributed by atoms with van der Waals surface area (Å²) < 4.78 is 28.1. The van der Waals surface area contributed by atoms with Crippen LogP contribution < -0.4 is 9.21 Å². The SMILES string of the molecule is Cc1ccc(Cl)cc1N1CCN(C(=O)CN(c2cc(Cl)cc(Cl)c2)S(=O)(=O)c2ccccc2)CC1. The fourth-order valence-corrected chi connectivity index (χ4v) is 6.16. The molecule has 0 aromatic heterocycles. The third kappa shape index (κ3) is 5.86. The predicted octanol–water partition coefficient (Wildman–Crippen LogP) is 5.50. The summed E-state index contributed by atoms with van der Waals surface area (Å²) in [5.41, 5.74) is 2.37. The van der Waals surface area contributed by atoms with Gasteiger partial charge in [0.2, 0.25) is 5.91 Å². The molecule has 0 spiro atoms. The second-order valence-corrected chi connectivity index (χ2v) is 11.4. The fraction of sp³-hybridized carbons (Fsp3) is 0.240. The number of carbonyl (C=O) groups excluding carboxylic acids is 1. The number of aryl methyl sites for hydroxylation is 1. The van der Waals surface area contributed by atoms with E-state index >= 15 is 0 Å². The van der Waals surface area contributed by atoms with E-state index in [0.29, 0.717) is 31.2 Å². The summed E-state index contributed by atoms with van der Waals surface area (Å²) in [6.45, 7) is 3.79. The Hall–Kier alpha value is -2.45. The highest BCUT2D eigenvalue weighted by Gasteiger charge is 2.31. The van der Waals surface area contributed by atoms with Gasteiger partial charge in [0.15, 0.2) is 0 Å². The number of anilines is 2. The predicted molar refractivity (Wildman–Crippen MR) is 142 cm³/mol. The lowest BCUT2D eigenvalue weighted by atomic mass is 10.1. The molecule has 1 aliphatic heterocycles. The molecule has 1 fully saturated rings. The Kier molecular flexibility index (Phi) is 7.81. The van der Waals surface area contributed by atoms with Gasteiger partial charge < -0.3 is 9.80 Å². The van der Waals surface area contributed by atoms with E-state index in [9.17, 15) is 13.2 Å². The van der Waals surface area contributed by atoms with Crippen LogP contribution in [0.4, 0.5) is 11.4 Å². The maximum Gasteiger partial charge on any atom is 0.264 e. The summed E-state index contributed by atoms with van der Waals surface area (Å²) in [4.78, 5) is 17.2. The topological polar surface area (TPSA) is 60.9 Å². The van der Waals surface area contributed by atoms with Crippen LogP contribution in [0.25, 0.3) is 0 Å². The van der Waals surface area contributed by atoms with Crippen molar-refractivity contribution in [3.05, 3.63) is 87.4 Å². The number of piperazine rings is 1. The molecule has 3 aromatic carbocycles. The fourth-order valence-electron chi connectivity index (χ4n) is 4.06. The van der Waals surface area contributed by atoms with Crippen molar-refractivity contribution in [3.8, 4) is 0 Å². The van der Waals surface area contributed by atoms with Gasteiger partial charge in [0.25, 0.3) is 10.0 Å². The first-order valence-electron chi connectivity index (χ1n) is 11.0. The van der Waals surface area contributed by atoms with Crippen molar-refractivity contribution in [2.45, 2.75) is 11.8 Å². The minimum absolute atomic E-state index is 0.0742. The first kappa shape index (κ1) is 25.6. The molecule has 0 N–H and O–H groups in total. The van der Waals surface area contributed by atoms with Crippen molar-refractivity contribution < 1.29 is 13.2 Å². The smallest absolute Gasteiger partial charge is 0.264 e. The Morgan fingerprint density at radius 2 is 1.49 bits per heavy atom. The second kappa shape index (κ2) is 10.7. The zero-order valence-electron chi connectivity index (χ0n) is 19.0. The first-order valence-corrected chi connectivity index (χ1v) is 13.6. The Morgan fingerprint density at radius 3 is 2.11 bits per heavy atom. The molecule has 1 aliphatic rings. The lowest BCUT2D eigenvalue weighted by Gasteiger charge is -2.37. The molecular formula is C25H24Cl3N3O3S. The molecule has 184 valence electrons. The minimum Gasteiger partial charge on any atom is -0.368 e. The lowest BCUT2D eigenvalue weighted by Crippen LogP contribution is -2.52. The van der Waals surface area contributed by atoms with Crippen LogP contribution >= 0.6 is 34.8 Å². The van der Waals surface area contributed by atoms with Crippen LogP contribution in [-0.4, -0.2) is 51.9 Å². The minimum atomic E-state index is -4.04. The Labute approximate surface area is 220 Å². The van der Waals surface area contributed by atoms with Crippen molar-refractivity contribution in [1.29, 1.82) is 0 Å². The van der Waals surface area contributed by atoms with Gasteiger partial charge in [-0.1, -0.05) is 59.1 Å². The molecule has 0 unspecified atom stereocenters. The molecule has 0 bridgehead atoms. The van der Waals surface area contributed by atoms with Gasteiger partial charge in [-0.3, -0.25) is 9.10 Å². The monoisotopic (exact) mass is 551 g/mol. The molecule has 1 saturated heterocycles. The molecular weight excluding hydrogens is 529 g/mol. The van der Waals surface area contributed by atoms with Crippen molar-refractivity contribution in [1.82, 2.24) is 4.90 Å². The number of sulfonamides is 1. The van der Waals surface area contributed by atoms with Gasteiger partial charge in [0, 0.05) is 46.9 Å². The van der Waals surface area contributed by atoms with Crippen molar-refractivity contribution in [2.75, 3.05) is 41.9 Å². The average Bonchev–Trinajstić information content (AvgIpc) is 2.84. The maximum atomic E-state index is 13.5. The highest BCUT2D eigenvalue weighted by atomic mass is 35.5. The van der Waals surface area contributed by atoms with Gasteiger partial charge in [0.05, 0.1) is 10.6 Å². The molecule has 10 heteroatoms. The third-order valence-electron chi connectivity index (χ3n) is 5.89. The Morgan fingerprint density at radius 1 is 0.857 bits per heavy atom. The quantitative estimate of drug-likeness (QED) is 0.405. The Bertz CT molecular complexity index is 1310. The van der Waals surface area contributed by atoms with Crippen molar-refractivity contribution in [2.24, 2.45) is 0 Å². The van der Waals surface area contributed by atoms with E-state index in [-0.39, 0.29) is 33.1 Å². The number of nitrogens with zero attached hydrogens (tertiary/aromatic N) is 3. The van der Waals surface area contributed by atoms with Gasteiger partial charge in [-0.05, 0) is 55.0 Å². The average molecular weight is 553 g/mol. The van der Waals surface area contributed by atoms with Gasteiger partial charge >= 0.3 is 0 Å². The highest BCUT2D eigenvalue weighted by molar-refractivity contribution is 7.92.